The molecule has 1 heterocycles. The van der Waals surface area contributed by atoms with Crippen molar-refractivity contribution in [1.29, 1.82) is 0 Å². The third-order valence-corrected chi connectivity index (χ3v) is 8.56. The molecule has 39 heavy (non-hydrogen) atoms. The fourth-order valence-electron chi connectivity index (χ4n) is 4.68. The van der Waals surface area contributed by atoms with Crippen molar-refractivity contribution in [2.45, 2.75) is 50.5 Å². The number of anilines is 1. The average molecular weight is 571 g/mol. The monoisotopic (exact) mass is 570 g/mol. The topological polar surface area (TPSA) is 102 Å². The van der Waals surface area contributed by atoms with Gasteiger partial charge in [-0.25, -0.2) is 12.7 Å². The molecule has 0 aromatic heterocycles. The lowest BCUT2D eigenvalue weighted by Gasteiger charge is -2.26. The number of nitrogens with zero attached hydrogens (tertiary/aromatic N) is 1. The van der Waals surface area contributed by atoms with E-state index in [1.165, 1.54) is 25.3 Å². The summed E-state index contributed by atoms with van der Waals surface area (Å²) in [5.41, 5.74) is -0.614. The van der Waals surface area contributed by atoms with Gasteiger partial charge in [0.05, 0.1) is 19.4 Å². The van der Waals surface area contributed by atoms with Crippen molar-refractivity contribution in [1.82, 2.24) is 5.32 Å². The molecule has 1 aliphatic heterocycles. The van der Waals surface area contributed by atoms with Crippen LogP contribution in [0.2, 0.25) is 5.02 Å². The first-order chi connectivity index (χ1) is 18.3. The highest BCUT2D eigenvalue weighted by molar-refractivity contribution is 7.93. The molecule has 8 nitrogen and oxygen atoms in total. The second kappa shape index (κ2) is 10.2. The Balaban J connectivity index is 1.89. The maximum atomic E-state index is 14.2. The lowest BCUT2D eigenvalue weighted by Crippen LogP contribution is -2.42. The Hall–Kier alpha value is -3.56. The molecule has 1 N–H and O–H groups in total. The van der Waals surface area contributed by atoms with Crippen molar-refractivity contribution in [2.24, 2.45) is 0 Å². The minimum atomic E-state index is -4.50. The maximum Gasteiger partial charge on any atom is 0.274 e. The minimum Gasteiger partial charge on any atom is -0.495 e. The Morgan fingerprint density at radius 3 is 2.36 bits per heavy atom. The molecule has 0 saturated heterocycles. The Labute approximate surface area is 233 Å². The van der Waals surface area contributed by atoms with Crippen LogP contribution < -0.4 is 19.1 Å². The van der Waals surface area contributed by atoms with Gasteiger partial charge in [-0.15, -0.1) is 0 Å². The van der Waals surface area contributed by atoms with E-state index in [0.29, 0.717) is 28.5 Å². The number of benzene rings is 3. The second-order valence-corrected chi connectivity index (χ2v) is 12.5. The third-order valence-electron chi connectivity index (χ3n) is 6.49. The molecule has 0 spiro atoms. The molecule has 0 fully saturated rings. The molecule has 10 heteroatoms. The summed E-state index contributed by atoms with van der Waals surface area (Å²) < 4.78 is 40.2. The number of halogens is 1. The van der Waals surface area contributed by atoms with Gasteiger partial charge < -0.3 is 14.8 Å². The summed E-state index contributed by atoms with van der Waals surface area (Å²) in [5.74, 6) is -0.658. The van der Waals surface area contributed by atoms with Crippen molar-refractivity contribution in [3.8, 4) is 11.5 Å². The van der Waals surface area contributed by atoms with Crippen molar-refractivity contribution < 1.29 is 27.5 Å². The molecule has 2 amide bonds. The van der Waals surface area contributed by atoms with Crippen LogP contribution in [0.4, 0.5) is 5.69 Å². The number of carbonyl (C=O) groups excluding carboxylic acids is 2. The van der Waals surface area contributed by atoms with Crippen LogP contribution in [0, 0.1) is 0 Å². The molecule has 3 aromatic rings. The molecule has 4 rings (SSSR count). The zero-order valence-corrected chi connectivity index (χ0v) is 24.2. The van der Waals surface area contributed by atoms with E-state index in [0.717, 1.165) is 4.31 Å². The Morgan fingerprint density at radius 1 is 1.05 bits per heavy atom. The molecule has 0 radical (unpaired) electrons. The van der Waals surface area contributed by atoms with E-state index in [1.54, 1.807) is 49.4 Å². The van der Waals surface area contributed by atoms with Crippen LogP contribution in [-0.4, -0.2) is 39.5 Å². The highest BCUT2D eigenvalue weighted by Gasteiger charge is 2.54. The van der Waals surface area contributed by atoms with Gasteiger partial charge in [-0.1, -0.05) is 29.8 Å². The fraction of sp³-hybridized carbons (Fsp3) is 0.310. The number of carbonyl (C=O) groups is 2. The van der Waals surface area contributed by atoms with E-state index >= 15 is 0 Å². The van der Waals surface area contributed by atoms with Crippen LogP contribution in [0.5, 0.6) is 11.5 Å². The molecule has 1 atom stereocenters. The third kappa shape index (κ3) is 4.96. The molecule has 206 valence electrons. The van der Waals surface area contributed by atoms with Crippen molar-refractivity contribution >= 4 is 39.1 Å². The molecular formula is C29H31ClN2O6S. The summed E-state index contributed by atoms with van der Waals surface area (Å²) in [4.78, 5) is 26.7. The number of methoxy groups -OCH3 is 1. The van der Waals surface area contributed by atoms with E-state index in [-0.39, 0.29) is 27.8 Å². The van der Waals surface area contributed by atoms with Gasteiger partial charge in [0.15, 0.2) is 0 Å². The van der Waals surface area contributed by atoms with Crippen LogP contribution >= 0.6 is 11.6 Å². The van der Waals surface area contributed by atoms with Crippen LogP contribution in [-0.2, 0) is 20.2 Å². The number of hydrogen-bond acceptors (Lipinski definition) is 6. The molecule has 0 bridgehead atoms. The predicted molar refractivity (Wildman–Crippen MR) is 150 cm³/mol. The van der Waals surface area contributed by atoms with Crippen molar-refractivity contribution in [2.75, 3.05) is 18.0 Å². The van der Waals surface area contributed by atoms with Gasteiger partial charge in [0.1, 0.15) is 21.8 Å². The van der Waals surface area contributed by atoms with E-state index in [1.807, 2.05) is 27.7 Å². The molecule has 1 aliphatic rings. The van der Waals surface area contributed by atoms with Gasteiger partial charge in [-0.2, -0.15) is 0 Å². The van der Waals surface area contributed by atoms with E-state index in [4.69, 9.17) is 21.1 Å². The zero-order valence-electron chi connectivity index (χ0n) is 22.7. The van der Waals surface area contributed by atoms with Crippen LogP contribution in [0.3, 0.4) is 0 Å². The van der Waals surface area contributed by atoms with Gasteiger partial charge in [0, 0.05) is 21.7 Å². The van der Waals surface area contributed by atoms with Gasteiger partial charge in [0.25, 0.3) is 21.8 Å². The Morgan fingerprint density at radius 2 is 1.74 bits per heavy atom. The molecule has 0 saturated carbocycles. The first-order valence-corrected chi connectivity index (χ1v) is 14.2. The number of rotatable bonds is 7. The smallest absolute Gasteiger partial charge is 0.274 e. The quantitative estimate of drug-likeness (QED) is 0.413. The molecule has 3 aromatic carbocycles. The summed E-state index contributed by atoms with van der Waals surface area (Å²) >= 11 is 6.54. The molecule has 1 unspecified atom stereocenters. The van der Waals surface area contributed by atoms with Gasteiger partial charge in [0.2, 0.25) is 0 Å². The largest absolute Gasteiger partial charge is 0.495 e. The summed E-state index contributed by atoms with van der Waals surface area (Å²) in [7, 11) is -3.19. The highest BCUT2D eigenvalue weighted by Crippen LogP contribution is 2.51. The van der Waals surface area contributed by atoms with Crippen molar-refractivity contribution in [3.05, 3.63) is 82.4 Å². The Bertz CT molecular complexity index is 1560. The van der Waals surface area contributed by atoms with E-state index in [9.17, 15) is 18.0 Å². The standard InChI is InChI=1S/C29H31ClN2O6S/c1-7-38-19-13-14-23-21(17-19)29(5,20-10-8-9-11-22(20)30)27(34)32(23)39(35,36)25-15-12-18(16-24(25)37-6)26(33)31-28(2,3)4/h8-17H,7H2,1-6H3,(H,31,33). The number of amides is 2. The molecule has 0 aliphatic carbocycles. The number of hydrogen-bond donors (Lipinski definition) is 1. The SMILES string of the molecule is CCOc1ccc2c(c1)C(C)(c1ccccc1Cl)C(=O)N2S(=O)(=O)c1ccc(C(=O)NC(C)(C)C)cc1OC. The lowest BCUT2D eigenvalue weighted by atomic mass is 9.77. The predicted octanol–water partition coefficient (Wildman–Crippen LogP) is 5.32. The van der Waals surface area contributed by atoms with Crippen LogP contribution in [0.15, 0.2) is 65.6 Å². The zero-order chi connectivity index (χ0) is 28.8. The number of ether oxygens (including phenoxy) is 2. The lowest BCUT2D eigenvalue weighted by molar-refractivity contribution is -0.120. The highest BCUT2D eigenvalue weighted by atomic mass is 35.5. The summed E-state index contributed by atoms with van der Waals surface area (Å²) in [5, 5.41) is 3.16. The fourth-order valence-corrected chi connectivity index (χ4v) is 6.65. The van der Waals surface area contributed by atoms with E-state index in [2.05, 4.69) is 5.32 Å². The first-order valence-electron chi connectivity index (χ1n) is 12.4. The van der Waals surface area contributed by atoms with Crippen LogP contribution in [0.25, 0.3) is 0 Å². The maximum absolute atomic E-state index is 14.2. The summed E-state index contributed by atoms with van der Waals surface area (Å²) in [6.07, 6.45) is 0. The number of nitrogens with one attached hydrogen (secondary N) is 1. The van der Waals surface area contributed by atoms with Crippen molar-refractivity contribution in [3.63, 3.8) is 0 Å². The van der Waals surface area contributed by atoms with E-state index < -0.39 is 26.9 Å². The molecular weight excluding hydrogens is 540 g/mol. The normalized spacial score (nSPS) is 17.1. The Kier molecular flexibility index (Phi) is 7.44. The average Bonchev–Trinajstić information content (AvgIpc) is 3.10. The number of sulfonamides is 1. The summed E-state index contributed by atoms with van der Waals surface area (Å²) in [6.45, 7) is 9.39. The van der Waals surface area contributed by atoms with Gasteiger partial charge in [-0.05, 0) is 82.6 Å². The first kappa shape index (κ1) is 28.4. The van der Waals surface area contributed by atoms with Gasteiger partial charge >= 0.3 is 0 Å². The summed E-state index contributed by atoms with van der Waals surface area (Å²) in [6, 6.07) is 15.7. The number of fused-ring (bicyclic) bond motifs is 1. The minimum absolute atomic E-state index is 0.0665. The van der Waals surface area contributed by atoms with Gasteiger partial charge in [-0.3, -0.25) is 9.59 Å². The second-order valence-electron chi connectivity index (χ2n) is 10.4. The van der Waals surface area contributed by atoms with Crippen LogP contribution in [0.1, 0.15) is 56.1 Å².